The number of pyridine rings is 1. The van der Waals surface area contributed by atoms with E-state index in [0.717, 1.165) is 5.56 Å². The normalized spacial score (nSPS) is 10.2. The van der Waals surface area contributed by atoms with Gasteiger partial charge in [-0.25, -0.2) is 9.78 Å². The number of benzene rings is 1. The third-order valence-electron chi connectivity index (χ3n) is 2.29. The molecule has 0 aliphatic carbocycles. The molecule has 0 amide bonds. The number of phenolic OH excluding ortho intramolecular Hbond substituents is 1. The van der Waals surface area contributed by atoms with Crippen molar-refractivity contribution in [1.82, 2.24) is 4.98 Å². The summed E-state index contributed by atoms with van der Waals surface area (Å²) >= 11 is 1.33. The van der Waals surface area contributed by atoms with Gasteiger partial charge in [0.15, 0.2) is 0 Å². The van der Waals surface area contributed by atoms with Gasteiger partial charge in [-0.15, -0.1) is 11.8 Å². The molecule has 1 heterocycles. The van der Waals surface area contributed by atoms with Gasteiger partial charge < -0.3 is 10.2 Å². The molecule has 2 N–H and O–H groups in total. The van der Waals surface area contributed by atoms with Crippen molar-refractivity contribution in [3.05, 3.63) is 53.7 Å². The Kier molecular flexibility index (Phi) is 3.84. The molecule has 0 saturated heterocycles. The minimum atomic E-state index is -0.985. The monoisotopic (exact) mass is 261 g/mol. The van der Waals surface area contributed by atoms with Crippen LogP contribution in [-0.4, -0.2) is 21.2 Å². The number of carbonyl (C=O) groups is 1. The number of aromatic carboxylic acids is 1. The van der Waals surface area contributed by atoms with Crippen molar-refractivity contribution < 1.29 is 15.0 Å². The molecule has 0 spiro atoms. The Morgan fingerprint density at radius 3 is 2.83 bits per heavy atom. The van der Waals surface area contributed by atoms with Crippen LogP contribution in [0.1, 0.15) is 15.9 Å². The number of hydrogen-bond donors (Lipinski definition) is 2. The van der Waals surface area contributed by atoms with Crippen molar-refractivity contribution in [2.45, 2.75) is 10.8 Å². The molecule has 0 radical (unpaired) electrons. The first-order valence-corrected chi connectivity index (χ1v) is 6.24. The predicted octanol–water partition coefficient (Wildman–Crippen LogP) is 2.78. The maximum absolute atomic E-state index is 11.0. The van der Waals surface area contributed by atoms with Crippen LogP contribution in [0.5, 0.6) is 5.75 Å². The molecule has 18 heavy (non-hydrogen) atoms. The molecule has 2 rings (SSSR count). The van der Waals surface area contributed by atoms with E-state index in [2.05, 4.69) is 4.98 Å². The second kappa shape index (κ2) is 5.55. The van der Waals surface area contributed by atoms with Gasteiger partial charge in [-0.05, 0) is 29.8 Å². The summed E-state index contributed by atoms with van der Waals surface area (Å²) in [5.41, 5.74) is 1.12. The van der Waals surface area contributed by atoms with E-state index >= 15 is 0 Å². The van der Waals surface area contributed by atoms with E-state index in [-0.39, 0.29) is 11.3 Å². The highest BCUT2D eigenvalue weighted by molar-refractivity contribution is 7.98. The van der Waals surface area contributed by atoms with Crippen molar-refractivity contribution in [3.63, 3.8) is 0 Å². The molecule has 2 aromatic rings. The standard InChI is InChI=1S/C13H11NO3S/c15-10-4-1-3-9(7-10)8-18-12-11(13(16)17)5-2-6-14-12/h1-7,15H,8H2,(H,16,17). The number of carboxylic acids is 1. The number of aromatic hydroxyl groups is 1. The quantitative estimate of drug-likeness (QED) is 0.828. The zero-order valence-corrected chi connectivity index (χ0v) is 10.2. The third kappa shape index (κ3) is 3.01. The van der Waals surface area contributed by atoms with Crippen LogP contribution in [0, 0.1) is 0 Å². The minimum absolute atomic E-state index is 0.197. The Morgan fingerprint density at radius 1 is 1.28 bits per heavy atom. The van der Waals surface area contributed by atoms with Crippen LogP contribution in [0.25, 0.3) is 0 Å². The summed E-state index contributed by atoms with van der Waals surface area (Å²) in [4.78, 5) is 15.1. The zero-order chi connectivity index (χ0) is 13.0. The molecule has 1 aromatic carbocycles. The van der Waals surface area contributed by atoms with Crippen LogP contribution < -0.4 is 0 Å². The van der Waals surface area contributed by atoms with Gasteiger partial charge in [0.05, 0.1) is 5.56 Å². The predicted molar refractivity (Wildman–Crippen MR) is 68.9 cm³/mol. The fourth-order valence-electron chi connectivity index (χ4n) is 1.47. The third-order valence-corrected chi connectivity index (χ3v) is 3.36. The molecule has 0 aliphatic rings. The van der Waals surface area contributed by atoms with Crippen LogP contribution >= 0.6 is 11.8 Å². The highest BCUT2D eigenvalue weighted by atomic mass is 32.2. The molecule has 0 fully saturated rings. The van der Waals surface area contributed by atoms with Gasteiger partial charge in [-0.1, -0.05) is 12.1 Å². The molecular weight excluding hydrogens is 250 g/mol. The average Bonchev–Trinajstić information content (AvgIpc) is 2.37. The SMILES string of the molecule is O=C(O)c1cccnc1SCc1cccc(O)c1. The van der Waals surface area contributed by atoms with Gasteiger partial charge >= 0.3 is 5.97 Å². The number of aromatic nitrogens is 1. The van der Waals surface area contributed by atoms with E-state index < -0.39 is 5.97 Å². The number of hydrogen-bond acceptors (Lipinski definition) is 4. The van der Waals surface area contributed by atoms with Gasteiger partial charge in [0.1, 0.15) is 10.8 Å². The number of nitrogens with zero attached hydrogens (tertiary/aromatic N) is 1. The van der Waals surface area contributed by atoms with E-state index in [9.17, 15) is 9.90 Å². The molecule has 0 atom stereocenters. The van der Waals surface area contributed by atoms with E-state index in [1.165, 1.54) is 17.8 Å². The lowest BCUT2D eigenvalue weighted by Crippen LogP contribution is -2.00. The first-order valence-electron chi connectivity index (χ1n) is 5.26. The van der Waals surface area contributed by atoms with Crippen molar-refractivity contribution in [2.24, 2.45) is 0 Å². The van der Waals surface area contributed by atoms with Crippen LogP contribution in [-0.2, 0) is 5.75 Å². The second-order valence-electron chi connectivity index (χ2n) is 3.62. The Bertz CT molecular complexity index is 572. The Morgan fingerprint density at radius 2 is 2.11 bits per heavy atom. The number of carboxylic acid groups (broad SMARTS) is 1. The van der Waals surface area contributed by atoms with E-state index in [1.54, 1.807) is 30.5 Å². The summed E-state index contributed by atoms with van der Waals surface area (Å²) in [6, 6.07) is 9.99. The van der Waals surface area contributed by atoms with Gasteiger partial charge in [0, 0.05) is 11.9 Å². The lowest BCUT2D eigenvalue weighted by Gasteiger charge is -2.04. The zero-order valence-electron chi connectivity index (χ0n) is 9.41. The van der Waals surface area contributed by atoms with Crippen LogP contribution in [0.15, 0.2) is 47.6 Å². The molecule has 4 nitrogen and oxygen atoms in total. The number of thioether (sulfide) groups is 1. The van der Waals surface area contributed by atoms with Crippen LogP contribution in [0.2, 0.25) is 0 Å². The largest absolute Gasteiger partial charge is 0.508 e. The molecule has 0 bridgehead atoms. The molecular formula is C13H11NO3S. The van der Waals surface area contributed by atoms with Gasteiger partial charge in [0.25, 0.3) is 0 Å². The molecule has 0 unspecified atom stereocenters. The van der Waals surface area contributed by atoms with Crippen molar-refractivity contribution in [2.75, 3.05) is 0 Å². The lowest BCUT2D eigenvalue weighted by molar-refractivity contribution is 0.0692. The smallest absolute Gasteiger partial charge is 0.338 e. The van der Waals surface area contributed by atoms with Crippen molar-refractivity contribution in [1.29, 1.82) is 0 Å². The first-order chi connectivity index (χ1) is 8.66. The van der Waals surface area contributed by atoms with Gasteiger partial charge in [-0.2, -0.15) is 0 Å². The van der Waals surface area contributed by atoms with Gasteiger partial charge in [0.2, 0.25) is 0 Å². The van der Waals surface area contributed by atoms with E-state index in [0.29, 0.717) is 10.8 Å². The van der Waals surface area contributed by atoms with Crippen molar-refractivity contribution >= 4 is 17.7 Å². The van der Waals surface area contributed by atoms with Crippen LogP contribution in [0.3, 0.4) is 0 Å². The van der Waals surface area contributed by atoms with Crippen LogP contribution in [0.4, 0.5) is 0 Å². The summed E-state index contributed by atoms with van der Waals surface area (Å²) in [7, 11) is 0. The minimum Gasteiger partial charge on any atom is -0.508 e. The Labute approximate surface area is 108 Å². The maximum atomic E-state index is 11.0. The van der Waals surface area contributed by atoms with Gasteiger partial charge in [-0.3, -0.25) is 0 Å². The fourth-order valence-corrected chi connectivity index (χ4v) is 2.40. The average molecular weight is 261 g/mol. The summed E-state index contributed by atoms with van der Waals surface area (Å²) in [5.74, 6) is -0.222. The molecule has 0 saturated carbocycles. The number of phenols is 1. The topological polar surface area (TPSA) is 70.4 Å². The van der Waals surface area contributed by atoms with E-state index in [4.69, 9.17) is 5.11 Å². The summed E-state index contributed by atoms with van der Waals surface area (Å²) in [6.45, 7) is 0. The maximum Gasteiger partial charge on any atom is 0.338 e. The fraction of sp³-hybridized carbons (Fsp3) is 0.0769. The Balaban J connectivity index is 2.13. The highest BCUT2D eigenvalue weighted by Crippen LogP contribution is 2.25. The highest BCUT2D eigenvalue weighted by Gasteiger charge is 2.10. The summed E-state index contributed by atoms with van der Waals surface area (Å²) in [6.07, 6.45) is 1.57. The number of rotatable bonds is 4. The Hall–Kier alpha value is -2.01. The molecule has 0 aliphatic heterocycles. The van der Waals surface area contributed by atoms with E-state index in [1.807, 2.05) is 6.07 Å². The van der Waals surface area contributed by atoms with Crippen molar-refractivity contribution in [3.8, 4) is 5.75 Å². The summed E-state index contributed by atoms with van der Waals surface area (Å²) < 4.78 is 0. The second-order valence-corrected chi connectivity index (χ2v) is 4.58. The summed E-state index contributed by atoms with van der Waals surface area (Å²) in [5, 5.41) is 18.8. The molecule has 92 valence electrons. The molecule has 5 heteroatoms. The lowest BCUT2D eigenvalue weighted by atomic mass is 10.2. The first kappa shape index (κ1) is 12.4. The molecule has 1 aromatic heterocycles.